The molecule has 134 valence electrons. The van der Waals surface area contributed by atoms with Crippen LogP contribution in [0.1, 0.15) is 11.1 Å². The maximum Gasteiger partial charge on any atom is 0.430 e. The summed E-state index contributed by atoms with van der Waals surface area (Å²) >= 11 is 5.80. The standard InChI is InChI=1S/C17H17ClN6O2/c1-12-4-2-3-5-14(12)21-22-17(24(25)26)16-19-8-9-23(16)11-13-6-7-15(18)20-10-13/h2-7,10,21H,8-9,11H2,1H3/b22-17-. The second kappa shape index (κ2) is 7.92. The minimum absolute atomic E-state index is 0.256. The van der Waals surface area contributed by atoms with Gasteiger partial charge >= 0.3 is 5.84 Å². The zero-order chi connectivity index (χ0) is 18.5. The molecule has 0 radical (unpaired) electrons. The summed E-state index contributed by atoms with van der Waals surface area (Å²) in [5.74, 6) is -0.0568. The van der Waals surface area contributed by atoms with Crippen LogP contribution in [-0.2, 0) is 6.54 Å². The molecule has 2 aromatic rings. The number of amidine groups is 2. The number of hydrazone groups is 1. The number of aromatic nitrogens is 1. The molecule has 9 heteroatoms. The molecule has 8 nitrogen and oxygen atoms in total. The smallest absolute Gasteiger partial charge is 0.358 e. The second-order valence-corrected chi connectivity index (χ2v) is 6.12. The van der Waals surface area contributed by atoms with Gasteiger partial charge in [0.15, 0.2) is 0 Å². The fourth-order valence-electron chi connectivity index (χ4n) is 2.55. The highest BCUT2D eigenvalue weighted by Gasteiger charge is 2.31. The van der Waals surface area contributed by atoms with Gasteiger partial charge in [-0.05, 0) is 35.1 Å². The lowest BCUT2D eigenvalue weighted by atomic mass is 10.2. The number of benzene rings is 1. The molecular weight excluding hydrogens is 356 g/mol. The molecule has 1 aromatic heterocycles. The molecule has 1 N–H and O–H groups in total. The normalized spacial score (nSPS) is 14.3. The van der Waals surface area contributed by atoms with Gasteiger partial charge in [-0.3, -0.25) is 4.99 Å². The fourth-order valence-corrected chi connectivity index (χ4v) is 2.66. The van der Waals surface area contributed by atoms with Crippen LogP contribution in [0, 0.1) is 17.0 Å². The molecule has 0 atom stereocenters. The van der Waals surface area contributed by atoms with Crippen molar-refractivity contribution >= 4 is 29.0 Å². The van der Waals surface area contributed by atoms with Crippen molar-refractivity contribution in [2.24, 2.45) is 10.1 Å². The van der Waals surface area contributed by atoms with Crippen molar-refractivity contribution in [3.05, 3.63) is 69.0 Å². The number of nitrogens with one attached hydrogen (secondary N) is 1. The van der Waals surface area contributed by atoms with Gasteiger partial charge < -0.3 is 15.0 Å². The minimum atomic E-state index is -0.525. The van der Waals surface area contributed by atoms with Gasteiger partial charge in [-0.1, -0.05) is 35.9 Å². The number of aliphatic imine (C=N–C) groups is 1. The van der Waals surface area contributed by atoms with Crippen LogP contribution in [-0.4, -0.2) is 39.6 Å². The van der Waals surface area contributed by atoms with Gasteiger partial charge in [-0.15, -0.1) is 0 Å². The SMILES string of the molecule is Cc1ccccc1N/N=C(/C1=NCCN1Cc1ccc(Cl)nc1)[N+](=O)[O-]. The Morgan fingerprint density at radius 1 is 1.38 bits per heavy atom. The van der Waals surface area contributed by atoms with Crippen molar-refractivity contribution in [1.29, 1.82) is 0 Å². The summed E-state index contributed by atoms with van der Waals surface area (Å²) in [6.07, 6.45) is 1.65. The number of aryl methyl sites for hydroxylation is 1. The van der Waals surface area contributed by atoms with E-state index in [0.717, 1.165) is 11.1 Å². The summed E-state index contributed by atoms with van der Waals surface area (Å²) in [4.78, 5) is 21.1. The second-order valence-electron chi connectivity index (χ2n) is 5.74. The van der Waals surface area contributed by atoms with E-state index in [1.54, 1.807) is 12.3 Å². The summed E-state index contributed by atoms with van der Waals surface area (Å²) in [7, 11) is 0. The summed E-state index contributed by atoms with van der Waals surface area (Å²) in [5, 5.41) is 15.9. The number of nitro groups is 1. The first-order valence-electron chi connectivity index (χ1n) is 7.98. The number of rotatable bonds is 5. The number of para-hydroxylation sites is 1. The van der Waals surface area contributed by atoms with E-state index < -0.39 is 4.92 Å². The van der Waals surface area contributed by atoms with Crippen LogP contribution >= 0.6 is 11.6 Å². The zero-order valence-electron chi connectivity index (χ0n) is 14.1. The Balaban J connectivity index is 1.80. The Hall–Kier alpha value is -3.00. The molecule has 0 bridgehead atoms. The van der Waals surface area contributed by atoms with Crippen molar-refractivity contribution in [3.63, 3.8) is 0 Å². The van der Waals surface area contributed by atoms with Crippen molar-refractivity contribution < 1.29 is 4.92 Å². The van der Waals surface area contributed by atoms with Gasteiger partial charge in [0, 0.05) is 19.3 Å². The Kier molecular flexibility index (Phi) is 5.43. The lowest BCUT2D eigenvalue weighted by Gasteiger charge is -2.18. The van der Waals surface area contributed by atoms with Crippen molar-refractivity contribution in [2.45, 2.75) is 13.5 Å². The van der Waals surface area contributed by atoms with Crippen LogP contribution in [0.25, 0.3) is 0 Å². The molecule has 0 amide bonds. The molecule has 1 aliphatic heterocycles. The number of hydrogen-bond donors (Lipinski definition) is 1. The summed E-state index contributed by atoms with van der Waals surface area (Å²) in [5.41, 5.74) is 5.31. The Bertz CT molecular complexity index is 866. The number of nitrogens with zero attached hydrogens (tertiary/aromatic N) is 5. The van der Waals surface area contributed by atoms with Gasteiger partial charge in [0.1, 0.15) is 5.15 Å². The van der Waals surface area contributed by atoms with E-state index in [2.05, 4.69) is 20.5 Å². The predicted octanol–water partition coefficient (Wildman–Crippen LogP) is 2.96. The molecule has 0 aliphatic carbocycles. The lowest BCUT2D eigenvalue weighted by molar-refractivity contribution is -0.346. The Labute approximate surface area is 155 Å². The lowest BCUT2D eigenvalue weighted by Crippen LogP contribution is -2.37. The monoisotopic (exact) mass is 372 g/mol. The first kappa shape index (κ1) is 17.8. The van der Waals surface area contributed by atoms with E-state index in [0.29, 0.717) is 30.5 Å². The van der Waals surface area contributed by atoms with Crippen LogP contribution in [0.15, 0.2) is 52.7 Å². The van der Waals surface area contributed by atoms with E-state index in [1.165, 1.54) is 0 Å². The number of halogens is 1. The van der Waals surface area contributed by atoms with Crippen LogP contribution in [0.5, 0.6) is 0 Å². The molecule has 1 aliphatic rings. The van der Waals surface area contributed by atoms with Gasteiger partial charge in [-0.2, -0.15) is 5.43 Å². The quantitative estimate of drug-likeness (QED) is 0.286. The van der Waals surface area contributed by atoms with E-state index in [-0.39, 0.29) is 11.7 Å². The van der Waals surface area contributed by atoms with Crippen molar-refractivity contribution in [1.82, 2.24) is 9.88 Å². The summed E-state index contributed by atoms with van der Waals surface area (Å²) < 4.78 is 0. The van der Waals surface area contributed by atoms with Gasteiger partial charge in [0.25, 0.3) is 0 Å². The third-order valence-electron chi connectivity index (χ3n) is 3.89. The highest BCUT2D eigenvalue weighted by molar-refractivity contribution is 6.37. The van der Waals surface area contributed by atoms with Gasteiger partial charge in [0.05, 0.1) is 17.3 Å². The number of hydrogen-bond acceptors (Lipinski definition) is 7. The maximum atomic E-state index is 11.5. The molecule has 3 rings (SSSR count). The molecule has 0 fully saturated rings. The van der Waals surface area contributed by atoms with Crippen LogP contribution in [0.2, 0.25) is 5.15 Å². The van der Waals surface area contributed by atoms with Crippen LogP contribution < -0.4 is 5.43 Å². The molecule has 1 aromatic carbocycles. The molecule has 0 spiro atoms. The molecule has 26 heavy (non-hydrogen) atoms. The average molecular weight is 373 g/mol. The van der Waals surface area contributed by atoms with E-state index in [1.807, 2.05) is 42.2 Å². The summed E-state index contributed by atoms with van der Waals surface area (Å²) in [6, 6.07) is 11.0. The highest BCUT2D eigenvalue weighted by Crippen LogP contribution is 2.15. The van der Waals surface area contributed by atoms with Crippen molar-refractivity contribution in [2.75, 3.05) is 18.5 Å². The molecular formula is C17H17ClN6O2. The molecule has 0 saturated carbocycles. The fraction of sp³-hybridized carbons (Fsp3) is 0.235. The number of pyridine rings is 1. The van der Waals surface area contributed by atoms with Crippen LogP contribution in [0.3, 0.4) is 0 Å². The predicted molar refractivity (Wildman–Crippen MR) is 101 cm³/mol. The van der Waals surface area contributed by atoms with E-state index in [9.17, 15) is 10.1 Å². The Morgan fingerprint density at radius 3 is 2.88 bits per heavy atom. The Morgan fingerprint density at radius 2 is 2.19 bits per heavy atom. The van der Waals surface area contributed by atoms with Crippen molar-refractivity contribution in [3.8, 4) is 0 Å². The topological polar surface area (TPSA) is 96.0 Å². The molecule has 2 heterocycles. The molecule has 0 saturated heterocycles. The third-order valence-corrected chi connectivity index (χ3v) is 4.12. The van der Waals surface area contributed by atoms with Gasteiger partial charge in [-0.25, -0.2) is 4.98 Å². The third kappa shape index (κ3) is 4.15. The van der Waals surface area contributed by atoms with Crippen LogP contribution in [0.4, 0.5) is 5.69 Å². The summed E-state index contributed by atoms with van der Waals surface area (Å²) in [6.45, 7) is 3.40. The average Bonchev–Trinajstić information content (AvgIpc) is 3.06. The highest BCUT2D eigenvalue weighted by atomic mass is 35.5. The first-order valence-corrected chi connectivity index (χ1v) is 8.36. The maximum absolute atomic E-state index is 11.5. The van der Waals surface area contributed by atoms with Gasteiger partial charge in [0.2, 0.25) is 5.84 Å². The van der Waals surface area contributed by atoms with E-state index in [4.69, 9.17) is 11.6 Å². The zero-order valence-corrected chi connectivity index (χ0v) is 14.8. The first-order chi connectivity index (χ1) is 12.5. The van der Waals surface area contributed by atoms with E-state index >= 15 is 0 Å². The largest absolute Gasteiger partial charge is 0.430 e. The number of anilines is 1. The minimum Gasteiger partial charge on any atom is -0.358 e. The molecule has 0 unspecified atom stereocenters.